The van der Waals surface area contributed by atoms with E-state index in [4.69, 9.17) is 17.3 Å². The standard InChI is InChI=1S/C24H20ClN3O2S.ClH/c1-15-12-22(26)21-13-18(8-11-23(21)27-15)28-24(29)20-5-3-2-4-16(20)14-31(30)19-9-6-17(25)7-10-19;/h2-13H,14H2,1H3,(H2,26,27)(H,28,29);1H. The molecule has 0 aliphatic heterocycles. The molecule has 164 valence electrons. The molecule has 5 nitrogen and oxygen atoms in total. The van der Waals surface area contributed by atoms with Crippen LogP contribution in [-0.4, -0.2) is 15.1 Å². The maximum absolute atomic E-state index is 13.0. The number of benzene rings is 3. The average molecular weight is 486 g/mol. The lowest BCUT2D eigenvalue weighted by atomic mass is 10.1. The van der Waals surface area contributed by atoms with Crippen LogP contribution in [0.2, 0.25) is 5.02 Å². The molecule has 3 N–H and O–H groups in total. The molecule has 1 atom stereocenters. The van der Waals surface area contributed by atoms with E-state index in [-0.39, 0.29) is 24.1 Å². The van der Waals surface area contributed by atoms with Gasteiger partial charge in [0, 0.05) is 37.9 Å². The zero-order valence-electron chi connectivity index (χ0n) is 17.2. The minimum absolute atomic E-state index is 0. The first-order valence-corrected chi connectivity index (χ1v) is 11.3. The molecule has 32 heavy (non-hydrogen) atoms. The zero-order valence-corrected chi connectivity index (χ0v) is 19.6. The summed E-state index contributed by atoms with van der Waals surface area (Å²) in [7, 11) is -1.30. The van der Waals surface area contributed by atoms with E-state index in [9.17, 15) is 9.00 Å². The molecule has 0 aliphatic rings. The Morgan fingerprint density at radius 2 is 1.78 bits per heavy atom. The fourth-order valence-electron chi connectivity index (χ4n) is 3.34. The lowest BCUT2D eigenvalue weighted by molar-refractivity contribution is 0.102. The minimum atomic E-state index is -1.30. The highest BCUT2D eigenvalue weighted by Gasteiger charge is 2.15. The van der Waals surface area contributed by atoms with Gasteiger partial charge in [-0.25, -0.2) is 0 Å². The van der Waals surface area contributed by atoms with E-state index in [1.165, 1.54) is 0 Å². The Morgan fingerprint density at radius 1 is 1.06 bits per heavy atom. The van der Waals surface area contributed by atoms with Gasteiger partial charge in [-0.1, -0.05) is 29.8 Å². The molecule has 4 rings (SSSR count). The summed E-state index contributed by atoms with van der Waals surface area (Å²) in [6, 6.07) is 21.3. The number of pyridine rings is 1. The van der Waals surface area contributed by atoms with Gasteiger partial charge in [0.2, 0.25) is 0 Å². The maximum atomic E-state index is 13.0. The van der Waals surface area contributed by atoms with Crippen molar-refractivity contribution in [3.05, 3.63) is 94.6 Å². The number of carbonyl (C=O) groups excluding carboxylic acids is 1. The second-order valence-corrected chi connectivity index (χ2v) is 9.03. The number of halogens is 2. The summed E-state index contributed by atoms with van der Waals surface area (Å²) in [5.41, 5.74) is 10.1. The van der Waals surface area contributed by atoms with E-state index in [0.717, 1.165) is 16.6 Å². The van der Waals surface area contributed by atoms with Crippen LogP contribution < -0.4 is 11.1 Å². The fourth-order valence-corrected chi connectivity index (χ4v) is 4.61. The number of aromatic nitrogens is 1. The van der Waals surface area contributed by atoms with Crippen molar-refractivity contribution >= 4 is 63.0 Å². The van der Waals surface area contributed by atoms with Gasteiger partial charge >= 0.3 is 0 Å². The number of nitrogens with one attached hydrogen (secondary N) is 1. The number of amides is 1. The van der Waals surface area contributed by atoms with Gasteiger partial charge in [0.1, 0.15) is 0 Å². The quantitative estimate of drug-likeness (QED) is 0.376. The predicted molar refractivity (Wildman–Crippen MR) is 134 cm³/mol. The highest BCUT2D eigenvalue weighted by molar-refractivity contribution is 7.84. The summed E-state index contributed by atoms with van der Waals surface area (Å²) in [6.45, 7) is 1.89. The van der Waals surface area contributed by atoms with Crippen molar-refractivity contribution in [2.24, 2.45) is 0 Å². The summed E-state index contributed by atoms with van der Waals surface area (Å²) < 4.78 is 12.8. The van der Waals surface area contributed by atoms with Crippen molar-refractivity contribution in [1.82, 2.24) is 4.98 Å². The molecule has 1 unspecified atom stereocenters. The van der Waals surface area contributed by atoms with E-state index in [2.05, 4.69) is 10.3 Å². The number of nitrogen functional groups attached to an aromatic ring is 1. The summed E-state index contributed by atoms with van der Waals surface area (Å²) >= 11 is 5.91. The van der Waals surface area contributed by atoms with E-state index in [1.807, 2.05) is 31.2 Å². The van der Waals surface area contributed by atoms with E-state index < -0.39 is 10.8 Å². The van der Waals surface area contributed by atoms with Crippen LogP contribution in [0, 0.1) is 6.92 Å². The van der Waals surface area contributed by atoms with Gasteiger partial charge in [0.15, 0.2) is 0 Å². The summed E-state index contributed by atoms with van der Waals surface area (Å²) in [4.78, 5) is 18.1. The maximum Gasteiger partial charge on any atom is 0.255 e. The zero-order chi connectivity index (χ0) is 22.0. The third-order valence-corrected chi connectivity index (χ3v) is 6.47. The Balaban J connectivity index is 0.00000289. The fraction of sp³-hybridized carbons (Fsp3) is 0.0833. The summed E-state index contributed by atoms with van der Waals surface area (Å²) in [5, 5.41) is 4.28. The molecule has 3 aromatic carbocycles. The molecule has 0 saturated carbocycles. The monoisotopic (exact) mass is 485 g/mol. The molecule has 0 saturated heterocycles. The van der Waals surface area contributed by atoms with Crippen LogP contribution in [0.15, 0.2) is 77.7 Å². The Labute approximate surface area is 199 Å². The molecule has 8 heteroatoms. The van der Waals surface area contributed by atoms with Crippen LogP contribution in [0.3, 0.4) is 0 Å². The van der Waals surface area contributed by atoms with Gasteiger partial charge in [-0.3, -0.25) is 14.0 Å². The van der Waals surface area contributed by atoms with Crippen molar-refractivity contribution in [3.63, 3.8) is 0 Å². The Hall–Kier alpha value is -2.93. The van der Waals surface area contributed by atoms with Crippen LogP contribution in [0.4, 0.5) is 11.4 Å². The highest BCUT2D eigenvalue weighted by atomic mass is 35.5. The number of anilines is 2. The lowest BCUT2D eigenvalue weighted by Gasteiger charge is -2.12. The van der Waals surface area contributed by atoms with Crippen LogP contribution >= 0.6 is 24.0 Å². The van der Waals surface area contributed by atoms with E-state index in [0.29, 0.717) is 32.4 Å². The van der Waals surface area contributed by atoms with Crippen LogP contribution in [0.25, 0.3) is 10.9 Å². The van der Waals surface area contributed by atoms with Gasteiger partial charge in [0.25, 0.3) is 5.91 Å². The Kier molecular flexibility index (Phi) is 7.51. The summed E-state index contributed by atoms with van der Waals surface area (Å²) in [5.74, 6) is -0.0549. The third kappa shape index (κ3) is 5.27. The molecule has 0 aliphatic carbocycles. The van der Waals surface area contributed by atoms with Crippen LogP contribution in [0.5, 0.6) is 0 Å². The topological polar surface area (TPSA) is 85.1 Å². The first-order chi connectivity index (χ1) is 14.9. The van der Waals surface area contributed by atoms with Gasteiger partial charge in [-0.05, 0) is 67.1 Å². The number of nitrogens with two attached hydrogens (primary N) is 1. The Bertz CT molecular complexity index is 1310. The van der Waals surface area contributed by atoms with Gasteiger partial charge < -0.3 is 11.1 Å². The summed E-state index contributed by atoms with van der Waals surface area (Å²) in [6.07, 6.45) is 0. The first kappa shape index (κ1) is 23.7. The van der Waals surface area contributed by atoms with Gasteiger partial charge in [0.05, 0.1) is 22.1 Å². The van der Waals surface area contributed by atoms with Gasteiger partial charge in [-0.15, -0.1) is 12.4 Å². The molecular formula is C24H21Cl2N3O2S. The smallest absolute Gasteiger partial charge is 0.255 e. The minimum Gasteiger partial charge on any atom is -0.398 e. The van der Waals surface area contributed by atoms with Crippen LogP contribution in [0.1, 0.15) is 21.6 Å². The molecule has 0 fully saturated rings. The molecule has 0 radical (unpaired) electrons. The second-order valence-electron chi connectivity index (χ2n) is 7.14. The molecule has 0 bridgehead atoms. The first-order valence-electron chi connectivity index (χ1n) is 9.61. The largest absolute Gasteiger partial charge is 0.398 e. The average Bonchev–Trinajstić information content (AvgIpc) is 2.75. The molecule has 0 spiro atoms. The molecule has 1 aromatic heterocycles. The number of hydrogen-bond acceptors (Lipinski definition) is 4. The number of carbonyl (C=O) groups is 1. The molecular weight excluding hydrogens is 465 g/mol. The van der Waals surface area contributed by atoms with E-state index >= 15 is 0 Å². The Morgan fingerprint density at radius 3 is 2.53 bits per heavy atom. The second kappa shape index (κ2) is 10.1. The lowest BCUT2D eigenvalue weighted by Crippen LogP contribution is -2.15. The highest BCUT2D eigenvalue weighted by Crippen LogP contribution is 2.25. The third-order valence-electron chi connectivity index (χ3n) is 4.85. The van der Waals surface area contributed by atoms with Gasteiger partial charge in [-0.2, -0.15) is 0 Å². The molecule has 4 aromatic rings. The predicted octanol–water partition coefficient (Wildman–Crippen LogP) is 5.76. The van der Waals surface area contributed by atoms with Crippen molar-refractivity contribution in [2.75, 3.05) is 11.1 Å². The van der Waals surface area contributed by atoms with Crippen LogP contribution in [-0.2, 0) is 16.6 Å². The number of rotatable bonds is 5. The number of hydrogen-bond donors (Lipinski definition) is 2. The molecule has 1 amide bonds. The SMILES string of the molecule is Cc1cc(N)c2cc(NC(=O)c3ccccc3CS(=O)c3ccc(Cl)cc3)ccc2n1.Cl. The van der Waals surface area contributed by atoms with E-state index in [1.54, 1.807) is 48.5 Å². The van der Waals surface area contributed by atoms with Crippen molar-refractivity contribution < 1.29 is 9.00 Å². The molecule has 1 heterocycles. The number of aryl methyl sites for hydroxylation is 1. The normalized spacial score (nSPS) is 11.6. The van der Waals surface area contributed by atoms with Crippen molar-refractivity contribution in [2.45, 2.75) is 17.6 Å². The van der Waals surface area contributed by atoms with Crippen molar-refractivity contribution in [1.29, 1.82) is 0 Å². The number of nitrogens with zero attached hydrogens (tertiary/aromatic N) is 1. The van der Waals surface area contributed by atoms with Crippen molar-refractivity contribution in [3.8, 4) is 0 Å². The number of fused-ring (bicyclic) bond motifs is 1.